The van der Waals surface area contributed by atoms with Crippen molar-refractivity contribution in [3.8, 4) is 0 Å². The molecule has 0 radical (unpaired) electrons. The van der Waals surface area contributed by atoms with Crippen molar-refractivity contribution in [2.75, 3.05) is 11.9 Å². The molecule has 0 amide bonds. The summed E-state index contributed by atoms with van der Waals surface area (Å²) in [5.41, 5.74) is 8.59. The van der Waals surface area contributed by atoms with Gasteiger partial charge in [-0.2, -0.15) is 0 Å². The Morgan fingerprint density at radius 3 is 2.89 bits per heavy atom. The maximum atomic E-state index is 5.69. The Morgan fingerprint density at radius 2 is 2.21 bits per heavy atom. The number of pyridine rings is 2. The lowest BCUT2D eigenvalue weighted by Crippen LogP contribution is -2.16. The molecule has 2 rings (SSSR count). The highest BCUT2D eigenvalue weighted by atomic mass is 32.1. The second-order valence-corrected chi connectivity index (χ2v) is 4.69. The summed E-state index contributed by atoms with van der Waals surface area (Å²) in [4.78, 5) is 8.88. The SMILES string of the molecule is Cc1ccc(C(N)=S)c(NCCc2cccnc2)n1. The van der Waals surface area contributed by atoms with E-state index in [1.165, 1.54) is 5.56 Å². The summed E-state index contributed by atoms with van der Waals surface area (Å²) in [6.45, 7) is 2.70. The minimum Gasteiger partial charge on any atom is -0.389 e. The molecular weight excluding hydrogens is 256 g/mol. The smallest absolute Gasteiger partial charge is 0.136 e. The molecule has 2 aromatic rings. The number of thiocarbonyl (C=S) groups is 1. The van der Waals surface area contributed by atoms with Crippen LogP contribution < -0.4 is 11.1 Å². The number of nitrogens with two attached hydrogens (primary N) is 1. The number of aromatic nitrogens is 2. The number of nitrogens with one attached hydrogen (secondary N) is 1. The summed E-state index contributed by atoms with van der Waals surface area (Å²) in [6.07, 6.45) is 4.50. The standard InChI is InChI=1S/C14H16N4S/c1-10-4-5-12(13(15)19)14(18-10)17-8-6-11-3-2-7-16-9-11/h2-5,7,9H,6,8H2,1H3,(H2,15,19)(H,17,18). The highest BCUT2D eigenvalue weighted by molar-refractivity contribution is 7.80. The van der Waals surface area contributed by atoms with Crippen LogP contribution >= 0.6 is 12.2 Å². The normalized spacial score (nSPS) is 10.2. The van der Waals surface area contributed by atoms with Gasteiger partial charge in [0.25, 0.3) is 0 Å². The van der Waals surface area contributed by atoms with E-state index >= 15 is 0 Å². The molecule has 5 heteroatoms. The first-order chi connectivity index (χ1) is 9.16. The van der Waals surface area contributed by atoms with Gasteiger partial charge >= 0.3 is 0 Å². The van der Waals surface area contributed by atoms with Gasteiger partial charge in [-0.15, -0.1) is 0 Å². The Hall–Kier alpha value is -2.01. The van der Waals surface area contributed by atoms with Crippen LogP contribution in [-0.4, -0.2) is 21.5 Å². The molecule has 0 fully saturated rings. The van der Waals surface area contributed by atoms with Crippen molar-refractivity contribution >= 4 is 23.0 Å². The number of nitrogens with zero attached hydrogens (tertiary/aromatic N) is 2. The summed E-state index contributed by atoms with van der Waals surface area (Å²) in [5.74, 6) is 0.747. The largest absolute Gasteiger partial charge is 0.389 e. The van der Waals surface area contributed by atoms with Crippen molar-refractivity contribution in [3.63, 3.8) is 0 Å². The first kappa shape index (κ1) is 13.4. The number of hydrogen-bond acceptors (Lipinski definition) is 4. The number of aryl methyl sites for hydroxylation is 1. The van der Waals surface area contributed by atoms with Crippen LogP contribution in [0.2, 0.25) is 0 Å². The predicted octanol–water partition coefficient (Wildman–Crippen LogP) is 2.07. The van der Waals surface area contributed by atoms with E-state index in [0.29, 0.717) is 4.99 Å². The van der Waals surface area contributed by atoms with Gasteiger partial charge in [-0.05, 0) is 37.1 Å². The van der Waals surface area contributed by atoms with Gasteiger partial charge in [0.2, 0.25) is 0 Å². The van der Waals surface area contributed by atoms with Crippen LogP contribution in [0.4, 0.5) is 5.82 Å². The maximum absolute atomic E-state index is 5.69. The summed E-state index contributed by atoms with van der Waals surface area (Å²) < 4.78 is 0. The number of rotatable bonds is 5. The average molecular weight is 272 g/mol. The molecule has 0 atom stereocenters. The lowest BCUT2D eigenvalue weighted by Gasteiger charge is -2.10. The van der Waals surface area contributed by atoms with Crippen LogP contribution in [0.15, 0.2) is 36.7 Å². The molecule has 0 aliphatic carbocycles. The fourth-order valence-electron chi connectivity index (χ4n) is 1.76. The molecule has 0 bridgehead atoms. The first-order valence-corrected chi connectivity index (χ1v) is 6.48. The van der Waals surface area contributed by atoms with Crippen molar-refractivity contribution in [2.45, 2.75) is 13.3 Å². The van der Waals surface area contributed by atoms with E-state index in [9.17, 15) is 0 Å². The molecular formula is C14H16N4S. The molecule has 0 aromatic carbocycles. The van der Waals surface area contributed by atoms with Crippen LogP contribution in [0.1, 0.15) is 16.8 Å². The first-order valence-electron chi connectivity index (χ1n) is 6.07. The predicted molar refractivity (Wildman–Crippen MR) is 81.3 cm³/mol. The van der Waals surface area contributed by atoms with Gasteiger partial charge in [0.05, 0.1) is 5.56 Å². The average Bonchev–Trinajstić information content (AvgIpc) is 2.39. The molecule has 0 saturated carbocycles. The molecule has 19 heavy (non-hydrogen) atoms. The van der Waals surface area contributed by atoms with E-state index in [4.69, 9.17) is 18.0 Å². The molecule has 0 unspecified atom stereocenters. The molecule has 0 saturated heterocycles. The third kappa shape index (κ3) is 3.72. The van der Waals surface area contributed by atoms with Crippen molar-refractivity contribution in [3.05, 3.63) is 53.5 Å². The lowest BCUT2D eigenvalue weighted by atomic mass is 10.2. The summed E-state index contributed by atoms with van der Waals surface area (Å²) in [7, 11) is 0. The quantitative estimate of drug-likeness (QED) is 0.816. The summed E-state index contributed by atoms with van der Waals surface area (Å²) >= 11 is 5.02. The van der Waals surface area contributed by atoms with E-state index < -0.39 is 0 Å². The fraction of sp³-hybridized carbons (Fsp3) is 0.214. The molecule has 3 N–H and O–H groups in total. The van der Waals surface area contributed by atoms with E-state index in [-0.39, 0.29) is 0 Å². The van der Waals surface area contributed by atoms with Gasteiger partial charge < -0.3 is 11.1 Å². The minimum absolute atomic E-state index is 0.358. The Bertz CT molecular complexity index is 569. The van der Waals surface area contributed by atoms with Crippen LogP contribution in [0, 0.1) is 6.92 Å². The molecule has 0 spiro atoms. The zero-order valence-corrected chi connectivity index (χ0v) is 11.6. The zero-order valence-electron chi connectivity index (χ0n) is 10.8. The summed E-state index contributed by atoms with van der Waals surface area (Å²) in [5, 5.41) is 3.28. The number of anilines is 1. The Morgan fingerprint density at radius 1 is 1.37 bits per heavy atom. The van der Waals surface area contributed by atoms with Gasteiger partial charge in [0, 0.05) is 24.6 Å². The Labute approximate surface area is 118 Å². The maximum Gasteiger partial charge on any atom is 0.136 e. The molecule has 4 nitrogen and oxygen atoms in total. The Balaban J connectivity index is 2.03. The van der Waals surface area contributed by atoms with Gasteiger partial charge in [0.15, 0.2) is 0 Å². The summed E-state index contributed by atoms with van der Waals surface area (Å²) in [6, 6.07) is 7.78. The van der Waals surface area contributed by atoms with E-state index in [0.717, 1.165) is 30.0 Å². The van der Waals surface area contributed by atoms with E-state index in [1.54, 1.807) is 6.20 Å². The third-order valence-electron chi connectivity index (χ3n) is 2.73. The Kier molecular flexibility index (Phi) is 4.41. The van der Waals surface area contributed by atoms with Crippen LogP contribution in [0.3, 0.4) is 0 Å². The topological polar surface area (TPSA) is 63.8 Å². The highest BCUT2D eigenvalue weighted by Gasteiger charge is 2.06. The van der Waals surface area contributed by atoms with Crippen LogP contribution in [0.25, 0.3) is 0 Å². The second-order valence-electron chi connectivity index (χ2n) is 4.25. The van der Waals surface area contributed by atoms with E-state index in [1.807, 2.05) is 37.4 Å². The van der Waals surface area contributed by atoms with Crippen LogP contribution in [-0.2, 0) is 6.42 Å². The third-order valence-corrected chi connectivity index (χ3v) is 2.95. The zero-order chi connectivity index (χ0) is 13.7. The van der Waals surface area contributed by atoms with Crippen molar-refractivity contribution in [1.29, 1.82) is 0 Å². The monoisotopic (exact) mass is 272 g/mol. The lowest BCUT2D eigenvalue weighted by molar-refractivity contribution is 0.988. The van der Waals surface area contributed by atoms with Gasteiger partial charge in [-0.3, -0.25) is 4.98 Å². The van der Waals surface area contributed by atoms with Crippen molar-refractivity contribution in [1.82, 2.24) is 9.97 Å². The van der Waals surface area contributed by atoms with Crippen molar-refractivity contribution < 1.29 is 0 Å². The minimum atomic E-state index is 0.358. The molecule has 0 aliphatic rings. The van der Waals surface area contributed by atoms with Gasteiger partial charge in [0.1, 0.15) is 10.8 Å². The molecule has 2 aromatic heterocycles. The highest BCUT2D eigenvalue weighted by Crippen LogP contribution is 2.13. The van der Waals surface area contributed by atoms with Gasteiger partial charge in [-0.25, -0.2) is 4.98 Å². The molecule has 98 valence electrons. The van der Waals surface area contributed by atoms with Crippen molar-refractivity contribution in [2.24, 2.45) is 5.73 Å². The molecule has 2 heterocycles. The second kappa shape index (κ2) is 6.24. The number of hydrogen-bond donors (Lipinski definition) is 2. The van der Waals surface area contributed by atoms with Gasteiger partial charge in [-0.1, -0.05) is 18.3 Å². The van der Waals surface area contributed by atoms with E-state index in [2.05, 4.69) is 15.3 Å². The molecule has 0 aliphatic heterocycles. The fourth-order valence-corrected chi connectivity index (χ4v) is 1.93. The van der Waals surface area contributed by atoms with Crippen LogP contribution in [0.5, 0.6) is 0 Å².